The molecule has 0 saturated carbocycles. The van der Waals surface area contributed by atoms with Gasteiger partial charge in [-0.2, -0.15) is 15.6 Å². The third-order valence-corrected chi connectivity index (χ3v) is 5.93. The van der Waals surface area contributed by atoms with Gasteiger partial charge in [0.1, 0.15) is 11.4 Å². The van der Waals surface area contributed by atoms with Crippen LogP contribution in [0, 0.1) is 0 Å². The average Bonchev–Trinajstić information content (AvgIpc) is 3.00. The minimum Gasteiger partial charge on any atom is -0.506 e. The summed E-state index contributed by atoms with van der Waals surface area (Å²) in [7, 11) is -3.56. The van der Waals surface area contributed by atoms with Crippen molar-refractivity contribution < 1.29 is 13.5 Å². The van der Waals surface area contributed by atoms with Gasteiger partial charge in [0.25, 0.3) is 0 Å². The Labute approximate surface area is 134 Å². The first-order chi connectivity index (χ1) is 10.5. The monoisotopic (exact) mass is 338 g/mol. The second-order valence-electron chi connectivity index (χ2n) is 4.55. The summed E-state index contributed by atoms with van der Waals surface area (Å²) < 4.78 is 26.3. The second kappa shape index (κ2) is 7.04. The summed E-state index contributed by atoms with van der Waals surface area (Å²) in [5, 5.41) is 13.7. The first-order valence-corrected chi connectivity index (χ1v) is 9.26. The minimum absolute atomic E-state index is 0.0509. The summed E-state index contributed by atoms with van der Waals surface area (Å²) in [5.41, 5.74) is 1.14. The van der Waals surface area contributed by atoms with Crippen LogP contribution in [0.3, 0.4) is 0 Å². The molecule has 0 fully saturated rings. The van der Waals surface area contributed by atoms with Gasteiger partial charge in [-0.15, -0.1) is 0 Å². The molecular formula is C15H18N2O3S2. The SMILES string of the molecule is CCN(CC)S(=O)(=O)c1ccc(O)c(N=Cc2ccsc2)c1. The molecule has 1 heterocycles. The smallest absolute Gasteiger partial charge is 0.243 e. The molecule has 0 saturated heterocycles. The number of hydrogen-bond acceptors (Lipinski definition) is 5. The average molecular weight is 338 g/mol. The Morgan fingerprint density at radius 2 is 2.00 bits per heavy atom. The maximum absolute atomic E-state index is 12.5. The molecule has 1 N–H and O–H groups in total. The van der Waals surface area contributed by atoms with Gasteiger partial charge in [0.05, 0.1) is 4.90 Å². The number of sulfonamides is 1. The Bertz CT molecular complexity index is 749. The fourth-order valence-corrected chi connectivity index (χ4v) is 4.06. The Morgan fingerprint density at radius 1 is 1.27 bits per heavy atom. The quantitative estimate of drug-likeness (QED) is 0.822. The number of aromatic hydroxyl groups is 1. The van der Waals surface area contributed by atoms with E-state index in [-0.39, 0.29) is 16.3 Å². The Morgan fingerprint density at radius 3 is 2.59 bits per heavy atom. The van der Waals surface area contributed by atoms with E-state index in [4.69, 9.17) is 0 Å². The van der Waals surface area contributed by atoms with Crippen LogP contribution in [-0.2, 0) is 10.0 Å². The molecule has 7 heteroatoms. The molecule has 2 rings (SSSR count). The van der Waals surface area contributed by atoms with E-state index in [2.05, 4.69) is 4.99 Å². The van der Waals surface area contributed by atoms with Crippen molar-refractivity contribution in [1.29, 1.82) is 0 Å². The Balaban J connectivity index is 2.38. The standard InChI is InChI=1S/C15H18N2O3S2/c1-3-17(4-2)22(19,20)13-5-6-15(18)14(9-13)16-10-12-7-8-21-11-12/h5-11,18H,3-4H2,1-2H3. The highest BCUT2D eigenvalue weighted by molar-refractivity contribution is 7.89. The van der Waals surface area contributed by atoms with Crippen molar-refractivity contribution in [2.75, 3.05) is 13.1 Å². The molecule has 0 atom stereocenters. The largest absolute Gasteiger partial charge is 0.506 e. The van der Waals surface area contributed by atoms with E-state index in [1.54, 1.807) is 20.1 Å². The summed E-state index contributed by atoms with van der Waals surface area (Å²) >= 11 is 1.54. The molecule has 0 spiro atoms. The number of rotatable bonds is 6. The molecule has 1 aromatic carbocycles. The van der Waals surface area contributed by atoms with Gasteiger partial charge < -0.3 is 5.11 Å². The Hall–Kier alpha value is -1.70. The molecule has 5 nitrogen and oxygen atoms in total. The minimum atomic E-state index is -3.56. The van der Waals surface area contributed by atoms with Crippen LogP contribution in [0.1, 0.15) is 19.4 Å². The highest BCUT2D eigenvalue weighted by Gasteiger charge is 2.22. The van der Waals surface area contributed by atoms with Gasteiger partial charge in [-0.05, 0) is 35.0 Å². The van der Waals surface area contributed by atoms with Crippen molar-refractivity contribution >= 4 is 33.3 Å². The first-order valence-electron chi connectivity index (χ1n) is 6.88. The number of phenols is 1. The Kier molecular flexibility index (Phi) is 5.33. The van der Waals surface area contributed by atoms with Crippen molar-refractivity contribution in [2.45, 2.75) is 18.7 Å². The van der Waals surface area contributed by atoms with Gasteiger partial charge in [0.15, 0.2) is 0 Å². The third kappa shape index (κ3) is 3.55. The molecule has 0 amide bonds. The lowest BCUT2D eigenvalue weighted by atomic mass is 10.3. The van der Waals surface area contributed by atoms with Crippen molar-refractivity contribution in [3.8, 4) is 5.75 Å². The van der Waals surface area contributed by atoms with Gasteiger partial charge >= 0.3 is 0 Å². The molecular weight excluding hydrogens is 320 g/mol. The number of thiophene rings is 1. The summed E-state index contributed by atoms with van der Waals surface area (Å²) in [6.07, 6.45) is 1.60. The van der Waals surface area contributed by atoms with Crippen LogP contribution in [0.4, 0.5) is 5.69 Å². The highest BCUT2D eigenvalue weighted by atomic mass is 32.2. The molecule has 0 aliphatic rings. The predicted octanol–water partition coefficient (Wildman–Crippen LogP) is 3.23. The van der Waals surface area contributed by atoms with Gasteiger partial charge in [0.2, 0.25) is 10.0 Å². The van der Waals surface area contributed by atoms with Gasteiger partial charge in [-0.3, -0.25) is 4.99 Å². The molecule has 0 aliphatic heterocycles. The van der Waals surface area contributed by atoms with Crippen LogP contribution in [0.5, 0.6) is 5.75 Å². The van der Waals surface area contributed by atoms with E-state index in [1.165, 1.54) is 33.8 Å². The zero-order valence-corrected chi connectivity index (χ0v) is 14.1. The molecule has 22 heavy (non-hydrogen) atoms. The lowest BCUT2D eigenvalue weighted by molar-refractivity contribution is 0.445. The van der Waals surface area contributed by atoms with Crippen LogP contribution in [0.15, 0.2) is 44.9 Å². The lowest BCUT2D eigenvalue weighted by Crippen LogP contribution is -2.30. The number of phenolic OH excluding ortho intramolecular Hbond substituents is 1. The van der Waals surface area contributed by atoms with Crippen molar-refractivity contribution in [2.24, 2.45) is 4.99 Å². The summed E-state index contributed by atoms with van der Waals surface area (Å²) in [6.45, 7) is 4.37. The number of nitrogens with zero attached hydrogens (tertiary/aromatic N) is 2. The van der Waals surface area contributed by atoms with Crippen LogP contribution in [0.25, 0.3) is 0 Å². The van der Waals surface area contributed by atoms with Crippen molar-refractivity contribution in [1.82, 2.24) is 4.31 Å². The fraction of sp³-hybridized carbons (Fsp3) is 0.267. The first kappa shape index (κ1) is 16.7. The van der Waals surface area contributed by atoms with E-state index in [0.717, 1.165) is 5.56 Å². The zero-order chi connectivity index (χ0) is 16.2. The fourth-order valence-electron chi connectivity index (χ4n) is 1.97. The normalized spacial score (nSPS) is 12.3. The van der Waals surface area contributed by atoms with E-state index in [0.29, 0.717) is 13.1 Å². The molecule has 118 valence electrons. The highest BCUT2D eigenvalue weighted by Crippen LogP contribution is 2.30. The summed E-state index contributed by atoms with van der Waals surface area (Å²) in [4.78, 5) is 4.31. The van der Waals surface area contributed by atoms with Crippen LogP contribution in [0.2, 0.25) is 0 Å². The van der Waals surface area contributed by atoms with Crippen LogP contribution in [-0.4, -0.2) is 37.1 Å². The summed E-state index contributed by atoms with van der Waals surface area (Å²) in [5.74, 6) is -0.0509. The number of aliphatic imine (C=N–C) groups is 1. The van der Waals surface area contributed by atoms with E-state index < -0.39 is 10.0 Å². The molecule has 2 aromatic rings. The summed E-state index contributed by atoms with van der Waals surface area (Å²) in [6, 6.07) is 6.04. The van der Waals surface area contributed by atoms with Crippen LogP contribution < -0.4 is 0 Å². The topological polar surface area (TPSA) is 70.0 Å². The molecule has 1 aromatic heterocycles. The second-order valence-corrected chi connectivity index (χ2v) is 7.27. The van der Waals surface area contributed by atoms with E-state index in [9.17, 15) is 13.5 Å². The lowest BCUT2D eigenvalue weighted by Gasteiger charge is -2.18. The maximum Gasteiger partial charge on any atom is 0.243 e. The van der Waals surface area contributed by atoms with Crippen molar-refractivity contribution in [3.63, 3.8) is 0 Å². The van der Waals surface area contributed by atoms with E-state index in [1.807, 2.05) is 16.8 Å². The molecule has 0 unspecified atom stereocenters. The zero-order valence-electron chi connectivity index (χ0n) is 12.4. The van der Waals surface area contributed by atoms with Gasteiger partial charge in [-0.1, -0.05) is 13.8 Å². The number of benzene rings is 1. The molecule has 0 bridgehead atoms. The molecule has 0 aliphatic carbocycles. The predicted molar refractivity (Wildman–Crippen MR) is 89.8 cm³/mol. The van der Waals surface area contributed by atoms with Crippen LogP contribution >= 0.6 is 11.3 Å². The van der Waals surface area contributed by atoms with Crippen molar-refractivity contribution in [3.05, 3.63) is 40.6 Å². The number of hydrogen-bond donors (Lipinski definition) is 1. The van der Waals surface area contributed by atoms with Gasteiger partial charge in [0, 0.05) is 24.9 Å². The maximum atomic E-state index is 12.5. The van der Waals surface area contributed by atoms with Gasteiger partial charge in [-0.25, -0.2) is 8.42 Å². The molecule has 0 radical (unpaired) electrons. The third-order valence-electron chi connectivity index (χ3n) is 3.19. The van der Waals surface area contributed by atoms with E-state index >= 15 is 0 Å².